The molecule has 0 aliphatic carbocycles. The van der Waals surface area contributed by atoms with Gasteiger partial charge >= 0.3 is 6.03 Å². The van der Waals surface area contributed by atoms with Crippen molar-refractivity contribution in [2.75, 3.05) is 13.1 Å². The minimum absolute atomic E-state index is 0.170. The summed E-state index contributed by atoms with van der Waals surface area (Å²) in [6.07, 6.45) is 2.01. The molecule has 0 saturated heterocycles. The molecule has 1 aromatic rings. The van der Waals surface area contributed by atoms with Crippen molar-refractivity contribution in [1.82, 2.24) is 15.6 Å². The first kappa shape index (κ1) is 16.9. The van der Waals surface area contributed by atoms with Crippen LogP contribution in [0.1, 0.15) is 37.4 Å². The second-order valence-corrected chi connectivity index (χ2v) is 6.21. The fourth-order valence-electron chi connectivity index (χ4n) is 1.69. The van der Waals surface area contributed by atoms with Gasteiger partial charge in [-0.3, -0.25) is 0 Å². The van der Waals surface area contributed by atoms with Gasteiger partial charge in [-0.1, -0.05) is 13.8 Å². The molecule has 3 N–H and O–H groups in total. The molecule has 0 aliphatic rings. The van der Waals surface area contributed by atoms with Crippen LogP contribution in [-0.2, 0) is 6.42 Å². The predicted molar refractivity (Wildman–Crippen MR) is 82.0 cm³/mol. The SMILES string of the molecule is Cc1csc(CCCNC(=O)NCCC(O)C(C)C)n1. The van der Waals surface area contributed by atoms with Gasteiger partial charge < -0.3 is 15.7 Å². The summed E-state index contributed by atoms with van der Waals surface area (Å²) >= 11 is 1.66. The molecule has 1 unspecified atom stereocenters. The van der Waals surface area contributed by atoms with Crippen molar-refractivity contribution in [2.45, 2.75) is 46.1 Å². The van der Waals surface area contributed by atoms with E-state index in [4.69, 9.17) is 0 Å². The summed E-state index contributed by atoms with van der Waals surface area (Å²) in [5.41, 5.74) is 1.06. The molecule has 0 aliphatic heterocycles. The van der Waals surface area contributed by atoms with E-state index in [-0.39, 0.29) is 18.1 Å². The number of nitrogens with one attached hydrogen (secondary N) is 2. The smallest absolute Gasteiger partial charge is 0.314 e. The summed E-state index contributed by atoms with van der Waals surface area (Å²) in [6, 6.07) is -0.170. The van der Waals surface area contributed by atoms with E-state index >= 15 is 0 Å². The molecule has 0 radical (unpaired) electrons. The highest BCUT2D eigenvalue weighted by Gasteiger charge is 2.09. The van der Waals surface area contributed by atoms with Gasteiger partial charge in [-0.25, -0.2) is 9.78 Å². The van der Waals surface area contributed by atoms with Crippen molar-refractivity contribution in [3.63, 3.8) is 0 Å². The number of carbonyl (C=O) groups excluding carboxylic acids is 1. The normalized spacial score (nSPS) is 12.4. The molecule has 0 bridgehead atoms. The molecule has 5 nitrogen and oxygen atoms in total. The lowest BCUT2D eigenvalue weighted by Crippen LogP contribution is -2.37. The summed E-state index contributed by atoms with van der Waals surface area (Å²) in [6.45, 7) is 7.04. The Bertz CT molecular complexity index is 407. The molecular formula is C14H25N3O2S. The fraction of sp³-hybridized carbons (Fsp3) is 0.714. The van der Waals surface area contributed by atoms with Crippen LogP contribution in [0.25, 0.3) is 0 Å². The Morgan fingerprint density at radius 3 is 2.70 bits per heavy atom. The van der Waals surface area contributed by atoms with Crippen LogP contribution in [0.3, 0.4) is 0 Å². The summed E-state index contributed by atoms with van der Waals surface area (Å²) in [5, 5.41) is 18.3. The Hall–Kier alpha value is -1.14. The number of thiazole rings is 1. The van der Waals surface area contributed by atoms with Gasteiger partial charge in [0.15, 0.2) is 0 Å². The molecule has 1 rings (SSSR count). The van der Waals surface area contributed by atoms with Crippen molar-refractivity contribution < 1.29 is 9.90 Å². The average Bonchev–Trinajstić information content (AvgIpc) is 2.80. The van der Waals surface area contributed by atoms with E-state index in [1.54, 1.807) is 11.3 Å². The number of aliphatic hydroxyl groups is 1. The molecule has 20 heavy (non-hydrogen) atoms. The zero-order valence-electron chi connectivity index (χ0n) is 12.5. The van der Waals surface area contributed by atoms with E-state index in [0.717, 1.165) is 23.5 Å². The van der Waals surface area contributed by atoms with Crippen molar-refractivity contribution in [3.8, 4) is 0 Å². The third-order valence-electron chi connectivity index (χ3n) is 3.01. The van der Waals surface area contributed by atoms with Crippen LogP contribution < -0.4 is 10.6 Å². The van der Waals surface area contributed by atoms with Crippen molar-refractivity contribution in [1.29, 1.82) is 0 Å². The zero-order chi connectivity index (χ0) is 15.0. The van der Waals surface area contributed by atoms with E-state index in [1.807, 2.05) is 26.2 Å². The monoisotopic (exact) mass is 299 g/mol. The van der Waals surface area contributed by atoms with E-state index in [2.05, 4.69) is 15.6 Å². The second kappa shape index (κ2) is 8.92. The minimum Gasteiger partial charge on any atom is -0.393 e. The summed E-state index contributed by atoms with van der Waals surface area (Å²) < 4.78 is 0. The van der Waals surface area contributed by atoms with Crippen LogP contribution in [-0.4, -0.2) is 35.3 Å². The third kappa shape index (κ3) is 6.86. The number of amides is 2. The summed E-state index contributed by atoms with van der Waals surface area (Å²) in [5.74, 6) is 0.224. The lowest BCUT2D eigenvalue weighted by molar-refractivity contribution is 0.116. The van der Waals surface area contributed by atoms with Crippen LogP contribution in [0.5, 0.6) is 0 Å². The first-order chi connectivity index (χ1) is 9.49. The Labute approximate surface area is 124 Å². The van der Waals surface area contributed by atoms with Crippen LogP contribution >= 0.6 is 11.3 Å². The number of nitrogens with zero attached hydrogens (tertiary/aromatic N) is 1. The molecule has 114 valence electrons. The number of urea groups is 1. The number of aliphatic hydroxyl groups excluding tert-OH is 1. The number of aryl methyl sites for hydroxylation is 2. The number of carbonyl (C=O) groups is 1. The van der Waals surface area contributed by atoms with Gasteiger partial charge in [0.05, 0.1) is 11.1 Å². The Morgan fingerprint density at radius 2 is 2.10 bits per heavy atom. The highest BCUT2D eigenvalue weighted by atomic mass is 32.1. The second-order valence-electron chi connectivity index (χ2n) is 5.27. The van der Waals surface area contributed by atoms with Crippen LogP contribution in [0.4, 0.5) is 4.79 Å². The van der Waals surface area contributed by atoms with Gasteiger partial charge in [0.25, 0.3) is 0 Å². The largest absolute Gasteiger partial charge is 0.393 e. The van der Waals surface area contributed by atoms with Crippen LogP contribution in [0.15, 0.2) is 5.38 Å². The Morgan fingerprint density at radius 1 is 1.40 bits per heavy atom. The number of hydrogen-bond acceptors (Lipinski definition) is 4. The Kier molecular flexibility index (Phi) is 7.54. The topological polar surface area (TPSA) is 74.2 Å². The molecule has 1 heterocycles. The maximum absolute atomic E-state index is 11.5. The van der Waals surface area contributed by atoms with Gasteiger partial charge in [-0.05, 0) is 25.7 Å². The average molecular weight is 299 g/mol. The summed E-state index contributed by atoms with van der Waals surface area (Å²) in [4.78, 5) is 15.9. The molecule has 0 fully saturated rings. The fourth-order valence-corrected chi connectivity index (χ4v) is 2.51. The summed E-state index contributed by atoms with van der Waals surface area (Å²) in [7, 11) is 0. The van der Waals surface area contributed by atoms with Crippen LogP contribution in [0.2, 0.25) is 0 Å². The molecule has 2 amide bonds. The van der Waals surface area contributed by atoms with E-state index in [0.29, 0.717) is 19.5 Å². The molecule has 0 aromatic carbocycles. The standard InChI is InChI=1S/C14H25N3O2S/c1-10(2)12(18)6-8-16-14(19)15-7-4-5-13-17-11(3)9-20-13/h9-10,12,18H,4-8H2,1-3H3,(H2,15,16,19). The highest BCUT2D eigenvalue weighted by Crippen LogP contribution is 2.10. The minimum atomic E-state index is -0.358. The van der Waals surface area contributed by atoms with E-state index in [9.17, 15) is 9.90 Å². The van der Waals surface area contributed by atoms with Crippen molar-refractivity contribution in [2.24, 2.45) is 5.92 Å². The lowest BCUT2D eigenvalue weighted by atomic mass is 10.0. The number of rotatable bonds is 8. The quantitative estimate of drug-likeness (QED) is 0.643. The number of hydrogen-bond donors (Lipinski definition) is 3. The molecule has 1 aromatic heterocycles. The van der Waals surface area contributed by atoms with Gasteiger partial charge in [-0.2, -0.15) is 0 Å². The van der Waals surface area contributed by atoms with Crippen molar-refractivity contribution in [3.05, 3.63) is 16.1 Å². The first-order valence-electron chi connectivity index (χ1n) is 7.09. The lowest BCUT2D eigenvalue weighted by Gasteiger charge is -2.14. The van der Waals surface area contributed by atoms with Crippen molar-refractivity contribution >= 4 is 17.4 Å². The Balaban J connectivity index is 2.03. The van der Waals surface area contributed by atoms with Gasteiger partial charge in [0.2, 0.25) is 0 Å². The maximum Gasteiger partial charge on any atom is 0.314 e. The molecule has 1 atom stereocenters. The predicted octanol–water partition coefficient (Wildman–Crippen LogP) is 2.09. The molecule has 0 spiro atoms. The molecule has 6 heteroatoms. The van der Waals surface area contributed by atoms with Gasteiger partial charge in [0, 0.05) is 30.6 Å². The third-order valence-corrected chi connectivity index (χ3v) is 4.04. The van der Waals surface area contributed by atoms with Crippen LogP contribution in [0, 0.1) is 12.8 Å². The van der Waals surface area contributed by atoms with Gasteiger partial charge in [0.1, 0.15) is 0 Å². The number of aromatic nitrogens is 1. The molecule has 0 saturated carbocycles. The van der Waals surface area contributed by atoms with E-state index < -0.39 is 0 Å². The van der Waals surface area contributed by atoms with Gasteiger partial charge in [-0.15, -0.1) is 11.3 Å². The maximum atomic E-state index is 11.5. The first-order valence-corrected chi connectivity index (χ1v) is 7.97. The van der Waals surface area contributed by atoms with E-state index in [1.165, 1.54) is 0 Å². The highest BCUT2D eigenvalue weighted by molar-refractivity contribution is 7.09. The molecular weight excluding hydrogens is 274 g/mol. The zero-order valence-corrected chi connectivity index (χ0v) is 13.3.